The van der Waals surface area contributed by atoms with Gasteiger partial charge >= 0.3 is 6.09 Å². The summed E-state index contributed by atoms with van der Waals surface area (Å²) in [7, 11) is 0. The van der Waals surface area contributed by atoms with Crippen LogP contribution in [0.25, 0.3) is 16.8 Å². The first kappa shape index (κ1) is 20.2. The Morgan fingerprint density at radius 1 is 1.29 bits per heavy atom. The van der Waals surface area contributed by atoms with E-state index < -0.39 is 0 Å². The topological polar surface area (TPSA) is 100 Å². The molecule has 1 amide bonds. The summed E-state index contributed by atoms with van der Waals surface area (Å²) in [6, 6.07) is 2.00. The van der Waals surface area contributed by atoms with Crippen molar-refractivity contribution in [3.8, 4) is 0 Å². The van der Waals surface area contributed by atoms with Crippen LogP contribution in [0.5, 0.6) is 0 Å². The SMILES string of the molecule is CC[C@@H]1C[C@H](OC(=O)NCCCN2CCCC2)C[C@@H]1c1nnc2cnc3[nH]ccc3n12. The number of carbonyl (C=O) groups excluding carboxylic acids is 1. The lowest BCUT2D eigenvalue weighted by molar-refractivity contribution is 0.0979. The van der Waals surface area contributed by atoms with Crippen molar-refractivity contribution in [3.63, 3.8) is 0 Å². The first-order chi connectivity index (χ1) is 15.2. The van der Waals surface area contributed by atoms with E-state index in [-0.39, 0.29) is 18.1 Å². The van der Waals surface area contributed by atoms with Gasteiger partial charge in [0.15, 0.2) is 11.3 Å². The number of ether oxygens (including phenoxy) is 1. The lowest BCUT2D eigenvalue weighted by atomic mass is 9.93. The van der Waals surface area contributed by atoms with E-state index in [1.807, 2.05) is 12.3 Å². The molecule has 1 aliphatic carbocycles. The number of fused-ring (bicyclic) bond motifs is 3. The minimum Gasteiger partial charge on any atom is -0.446 e. The van der Waals surface area contributed by atoms with E-state index in [1.165, 1.54) is 25.9 Å². The number of alkyl carbamates (subject to hydrolysis) is 1. The van der Waals surface area contributed by atoms with Crippen LogP contribution < -0.4 is 5.32 Å². The van der Waals surface area contributed by atoms with Crippen molar-refractivity contribution in [2.45, 2.75) is 57.5 Å². The summed E-state index contributed by atoms with van der Waals surface area (Å²) in [5.41, 5.74) is 2.55. The number of aromatic amines is 1. The van der Waals surface area contributed by atoms with E-state index in [2.05, 4.69) is 41.7 Å². The fraction of sp³-hybridized carbons (Fsp3) is 0.636. The molecular formula is C22H31N7O2. The number of nitrogens with zero attached hydrogens (tertiary/aromatic N) is 5. The van der Waals surface area contributed by atoms with Crippen LogP contribution in [0.2, 0.25) is 0 Å². The lowest BCUT2D eigenvalue weighted by Gasteiger charge is -2.16. The monoisotopic (exact) mass is 425 g/mol. The van der Waals surface area contributed by atoms with Crippen molar-refractivity contribution >= 4 is 22.9 Å². The quantitative estimate of drug-likeness (QED) is 0.564. The maximum Gasteiger partial charge on any atom is 0.407 e. The maximum atomic E-state index is 12.3. The number of carbonyl (C=O) groups is 1. The third kappa shape index (κ3) is 4.11. The number of hydrogen-bond acceptors (Lipinski definition) is 6. The predicted molar refractivity (Wildman–Crippen MR) is 117 cm³/mol. The molecule has 4 heterocycles. The van der Waals surface area contributed by atoms with Crippen molar-refractivity contribution in [3.05, 3.63) is 24.3 Å². The molecule has 1 aliphatic heterocycles. The van der Waals surface area contributed by atoms with Crippen LogP contribution in [0.1, 0.15) is 57.2 Å². The summed E-state index contributed by atoms with van der Waals surface area (Å²) >= 11 is 0. The third-order valence-electron chi connectivity index (χ3n) is 6.87. The van der Waals surface area contributed by atoms with E-state index in [0.717, 1.165) is 54.9 Å². The van der Waals surface area contributed by atoms with Gasteiger partial charge in [-0.3, -0.25) is 4.40 Å². The second-order valence-corrected chi connectivity index (χ2v) is 8.82. The Labute approximate surface area is 181 Å². The predicted octanol–water partition coefficient (Wildman–Crippen LogP) is 3.09. The first-order valence-electron chi connectivity index (χ1n) is 11.6. The molecule has 166 valence electrons. The standard InChI is InChI=1S/C22H31N7O2/c1-2-15-12-16(31-22(30)24-7-5-11-28-9-3-4-10-28)13-17(15)21-27-26-19-14-25-20-18(29(19)21)6-8-23-20/h6,8,14-17,23H,2-5,7,9-13H2,1H3,(H,24,30)/t15-,16+,17+/m1/s1. The molecule has 1 saturated heterocycles. The van der Waals surface area contributed by atoms with E-state index in [1.54, 1.807) is 6.20 Å². The van der Waals surface area contributed by atoms with Crippen LogP contribution in [0.15, 0.2) is 18.5 Å². The molecule has 1 saturated carbocycles. The number of amides is 1. The highest BCUT2D eigenvalue weighted by Crippen LogP contribution is 2.42. The Kier molecular flexibility index (Phi) is 5.76. The average molecular weight is 426 g/mol. The molecule has 2 aliphatic rings. The van der Waals surface area contributed by atoms with Gasteiger partial charge < -0.3 is 19.9 Å². The Hall–Kier alpha value is -2.68. The molecule has 0 radical (unpaired) electrons. The minimum atomic E-state index is -0.301. The zero-order chi connectivity index (χ0) is 21.2. The van der Waals surface area contributed by atoms with Crippen molar-refractivity contribution in [2.75, 3.05) is 26.2 Å². The van der Waals surface area contributed by atoms with Gasteiger partial charge in [-0.25, -0.2) is 9.78 Å². The van der Waals surface area contributed by atoms with Crippen molar-refractivity contribution in [2.24, 2.45) is 5.92 Å². The summed E-state index contributed by atoms with van der Waals surface area (Å²) in [4.78, 5) is 22.4. The fourth-order valence-electron chi connectivity index (χ4n) is 5.27. The molecule has 9 heteroatoms. The van der Waals surface area contributed by atoms with Gasteiger partial charge in [-0.1, -0.05) is 13.3 Å². The van der Waals surface area contributed by atoms with Gasteiger partial charge in [-0.15, -0.1) is 10.2 Å². The Morgan fingerprint density at radius 2 is 2.16 bits per heavy atom. The number of likely N-dealkylation sites (tertiary alicyclic amines) is 1. The molecule has 0 spiro atoms. The van der Waals surface area contributed by atoms with Crippen LogP contribution in [0.4, 0.5) is 4.79 Å². The van der Waals surface area contributed by atoms with E-state index in [9.17, 15) is 4.79 Å². The van der Waals surface area contributed by atoms with Gasteiger partial charge in [0.05, 0.1) is 11.7 Å². The molecule has 31 heavy (non-hydrogen) atoms. The van der Waals surface area contributed by atoms with Crippen LogP contribution in [-0.4, -0.2) is 67.8 Å². The van der Waals surface area contributed by atoms with Gasteiger partial charge in [0.25, 0.3) is 0 Å². The number of aromatic nitrogens is 5. The van der Waals surface area contributed by atoms with Crippen molar-refractivity contribution < 1.29 is 9.53 Å². The molecular weight excluding hydrogens is 394 g/mol. The second kappa shape index (κ2) is 8.82. The second-order valence-electron chi connectivity index (χ2n) is 8.82. The Morgan fingerprint density at radius 3 is 3.00 bits per heavy atom. The van der Waals surface area contributed by atoms with Gasteiger partial charge in [0.1, 0.15) is 11.9 Å². The maximum absolute atomic E-state index is 12.3. The van der Waals surface area contributed by atoms with Crippen LogP contribution >= 0.6 is 0 Å². The van der Waals surface area contributed by atoms with Gasteiger partial charge in [-0.2, -0.15) is 0 Å². The number of hydrogen-bond donors (Lipinski definition) is 2. The highest BCUT2D eigenvalue weighted by Gasteiger charge is 2.39. The van der Waals surface area contributed by atoms with Crippen molar-refractivity contribution in [1.82, 2.24) is 34.8 Å². The highest BCUT2D eigenvalue weighted by molar-refractivity contribution is 5.74. The number of rotatable bonds is 7. The summed E-state index contributed by atoms with van der Waals surface area (Å²) in [6.07, 6.45) is 9.43. The summed E-state index contributed by atoms with van der Waals surface area (Å²) in [5.74, 6) is 1.54. The minimum absolute atomic E-state index is 0.0931. The average Bonchev–Trinajstić information content (AvgIpc) is 3.56. The summed E-state index contributed by atoms with van der Waals surface area (Å²) in [5, 5.41) is 11.8. The lowest BCUT2D eigenvalue weighted by Crippen LogP contribution is -2.31. The smallest absolute Gasteiger partial charge is 0.407 e. The zero-order valence-electron chi connectivity index (χ0n) is 18.1. The van der Waals surface area contributed by atoms with E-state index >= 15 is 0 Å². The van der Waals surface area contributed by atoms with Crippen molar-refractivity contribution in [1.29, 1.82) is 0 Å². The zero-order valence-corrected chi connectivity index (χ0v) is 18.1. The summed E-state index contributed by atoms with van der Waals surface area (Å²) in [6.45, 7) is 6.28. The van der Waals surface area contributed by atoms with Gasteiger partial charge in [-0.05, 0) is 63.7 Å². The molecule has 2 fully saturated rings. The first-order valence-corrected chi connectivity index (χ1v) is 11.6. The molecule has 3 aromatic rings. The Bertz CT molecular complexity index is 1040. The van der Waals surface area contributed by atoms with E-state index in [0.29, 0.717) is 12.5 Å². The molecule has 3 aromatic heterocycles. The number of nitrogens with one attached hydrogen (secondary N) is 2. The Balaban J connectivity index is 1.21. The molecule has 0 bridgehead atoms. The molecule has 3 atom stereocenters. The van der Waals surface area contributed by atoms with Crippen LogP contribution in [-0.2, 0) is 4.74 Å². The van der Waals surface area contributed by atoms with Gasteiger partial charge in [0, 0.05) is 18.7 Å². The number of H-pyrrole nitrogens is 1. The molecule has 9 nitrogen and oxygen atoms in total. The third-order valence-corrected chi connectivity index (χ3v) is 6.87. The fourth-order valence-corrected chi connectivity index (χ4v) is 5.27. The molecule has 2 N–H and O–H groups in total. The van der Waals surface area contributed by atoms with E-state index in [4.69, 9.17) is 4.74 Å². The van der Waals surface area contributed by atoms with Gasteiger partial charge in [0.2, 0.25) is 0 Å². The molecule has 5 rings (SSSR count). The summed E-state index contributed by atoms with van der Waals surface area (Å²) < 4.78 is 7.88. The molecule has 0 unspecified atom stereocenters. The molecule has 0 aromatic carbocycles. The normalized spacial score (nSPS) is 24.4. The van der Waals surface area contributed by atoms with Crippen LogP contribution in [0, 0.1) is 5.92 Å². The van der Waals surface area contributed by atoms with Crippen LogP contribution in [0.3, 0.4) is 0 Å². The highest BCUT2D eigenvalue weighted by atomic mass is 16.6. The largest absolute Gasteiger partial charge is 0.446 e.